The quantitative estimate of drug-likeness (QED) is 0.908. The Morgan fingerprint density at radius 3 is 2.85 bits per heavy atom. The Hall–Kier alpha value is -1.10. The van der Waals surface area contributed by atoms with E-state index in [9.17, 15) is 4.79 Å². The van der Waals surface area contributed by atoms with Crippen LogP contribution in [0.15, 0.2) is 24.3 Å². The van der Waals surface area contributed by atoms with Crippen molar-refractivity contribution in [3.05, 3.63) is 34.9 Å². The summed E-state index contributed by atoms with van der Waals surface area (Å²) in [5.41, 5.74) is 1.00. The second kappa shape index (κ2) is 6.57. The number of hydrogen-bond acceptors (Lipinski definition) is 3. The molecule has 1 N–H and O–H groups in total. The number of rotatable bonds is 5. The van der Waals surface area contributed by atoms with Gasteiger partial charge in [-0.25, -0.2) is 0 Å². The van der Waals surface area contributed by atoms with Crippen molar-refractivity contribution in [2.45, 2.75) is 38.5 Å². The summed E-state index contributed by atoms with van der Waals surface area (Å²) in [6.07, 6.45) is 0.710. The molecule has 0 bridgehead atoms. The normalized spacial score (nSPS) is 24.2. The minimum atomic E-state index is -0.190. The number of benzene rings is 1. The van der Waals surface area contributed by atoms with Gasteiger partial charge < -0.3 is 9.64 Å². The van der Waals surface area contributed by atoms with Crippen LogP contribution in [0.25, 0.3) is 0 Å². The fraction of sp³-hybridized carbons (Fsp3) is 0.533. The maximum atomic E-state index is 12.4. The largest absolute Gasteiger partial charge is 0.383 e. The van der Waals surface area contributed by atoms with Gasteiger partial charge in [-0.1, -0.05) is 30.7 Å². The van der Waals surface area contributed by atoms with E-state index in [4.69, 9.17) is 16.3 Å². The molecule has 1 aromatic carbocycles. The highest BCUT2D eigenvalue weighted by Gasteiger charge is 2.40. The average Bonchev–Trinajstić information content (AvgIpc) is 2.73. The van der Waals surface area contributed by atoms with Crippen molar-refractivity contribution in [1.82, 2.24) is 10.2 Å². The van der Waals surface area contributed by atoms with Crippen molar-refractivity contribution < 1.29 is 9.53 Å². The highest BCUT2D eigenvalue weighted by Crippen LogP contribution is 2.29. The molecule has 0 aliphatic carbocycles. The van der Waals surface area contributed by atoms with E-state index in [0.717, 1.165) is 12.0 Å². The first kappa shape index (κ1) is 15.3. The highest BCUT2D eigenvalue weighted by molar-refractivity contribution is 6.30. The summed E-state index contributed by atoms with van der Waals surface area (Å²) >= 11 is 6.06. The lowest BCUT2D eigenvalue weighted by molar-refractivity contribution is -0.133. The first-order valence-electron chi connectivity index (χ1n) is 6.91. The number of nitrogens with zero attached hydrogens (tertiary/aromatic N) is 1. The Balaban J connectivity index is 2.32. The van der Waals surface area contributed by atoms with Gasteiger partial charge in [-0.2, -0.15) is 0 Å². The van der Waals surface area contributed by atoms with E-state index in [1.54, 1.807) is 7.11 Å². The Kier molecular flexibility index (Phi) is 5.02. The van der Waals surface area contributed by atoms with Crippen molar-refractivity contribution >= 4 is 17.5 Å². The van der Waals surface area contributed by atoms with E-state index >= 15 is 0 Å². The second-order valence-corrected chi connectivity index (χ2v) is 5.55. The van der Waals surface area contributed by atoms with Crippen LogP contribution < -0.4 is 5.32 Å². The Morgan fingerprint density at radius 1 is 1.50 bits per heavy atom. The van der Waals surface area contributed by atoms with E-state index < -0.39 is 0 Å². The minimum absolute atomic E-state index is 0.0638. The average molecular weight is 297 g/mol. The van der Waals surface area contributed by atoms with Crippen molar-refractivity contribution in [3.8, 4) is 0 Å². The van der Waals surface area contributed by atoms with Crippen LogP contribution >= 0.6 is 11.6 Å². The topological polar surface area (TPSA) is 41.6 Å². The van der Waals surface area contributed by atoms with E-state index in [1.807, 2.05) is 36.1 Å². The zero-order valence-corrected chi connectivity index (χ0v) is 12.9. The monoisotopic (exact) mass is 296 g/mol. The van der Waals surface area contributed by atoms with E-state index in [1.165, 1.54) is 0 Å². The number of halogens is 1. The molecule has 1 fully saturated rings. The number of hydrogen-bond donors (Lipinski definition) is 1. The van der Waals surface area contributed by atoms with Crippen LogP contribution in [-0.2, 0) is 9.53 Å². The maximum Gasteiger partial charge on any atom is 0.241 e. The van der Waals surface area contributed by atoms with Gasteiger partial charge in [0.25, 0.3) is 0 Å². The minimum Gasteiger partial charge on any atom is -0.383 e. The summed E-state index contributed by atoms with van der Waals surface area (Å²) < 4.78 is 5.25. The number of carbonyl (C=O) groups is 1. The third-order valence-electron chi connectivity index (χ3n) is 3.70. The molecule has 0 radical (unpaired) electrons. The number of amides is 1. The zero-order valence-electron chi connectivity index (χ0n) is 12.1. The molecule has 3 unspecified atom stereocenters. The van der Waals surface area contributed by atoms with Gasteiger partial charge in [0.2, 0.25) is 5.91 Å². The summed E-state index contributed by atoms with van der Waals surface area (Å²) in [6.45, 7) is 4.49. The van der Waals surface area contributed by atoms with Gasteiger partial charge in [-0.3, -0.25) is 10.1 Å². The molecule has 1 aliphatic rings. The van der Waals surface area contributed by atoms with Crippen LogP contribution in [0.5, 0.6) is 0 Å². The van der Waals surface area contributed by atoms with Gasteiger partial charge in [0, 0.05) is 12.1 Å². The predicted molar refractivity (Wildman–Crippen MR) is 79.6 cm³/mol. The third-order valence-corrected chi connectivity index (χ3v) is 3.93. The molecule has 2 rings (SSSR count). The zero-order chi connectivity index (χ0) is 14.7. The molecule has 5 heteroatoms. The Labute approximate surface area is 125 Å². The molecule has 1 saturated heterocycles. The van der Waals surface area contributed by atoms with Gasteiger partial charge in [-0.05, 0) is 31.0 Å². The Morgan fingerprint density at radius 2 is 2.25 bits per heavy atom. The van der Waals surface area contributed by atoms with Crippen LogP contribution in [-0.4, -0.2) is 36.6 Å². The fourth-order valence-corrected chi connectivity index (χ4v) is 2.85. The number of nitrogens with one attached hydrogen (secondary N) is 1. The van der Waals surface area contributed by atoms with Gasteiger partial charge >= 0.3 is 0 Å². The van der Waals surface area contributed by atoms with Crippen molar-refractivity contribution in [2.24, 2.45) is 0 Å². The number of methoxy groups -OCH3 is 1. The molecular weight excluding hydrogens is 276 g/mol. The van der Waals surface area contributed by atoms with Crippen LogP contribution in [0.1, 0.15) is 32.0 Å². The van der Waals surface area contributed by atoms with Gasteiger partial charge in [0.15, 0.2) is 0 Å². The first-order valence-corrected chi connectivity index (χ1v) is 7.29. The van der Waals surface area contributed by atoms with Crippen LogP contribution in [0.4, 0.5) is 0 Å². The van der Waals surface area contributed by atoms with Crippen molar-refractivity contribution in [2.75, 3.05) is 13.7 Å². The smallest absolute Gasteiger partial charge is 0.241 e. The highest BCUT2D eigenvalue weighted by atomic mass is 35.5. The van der Waals surface area contributed by atoms with Crippen molar-refractivity contribution in [3.63, 3.8) is 0 Å². The van der Waals surface area contributed by atoms with Gasteiger partial charge in [0.1, 0.15) is 6.17 Å². The maximum absolute atomic E-state index is 12.4. The second-order valence-electron chi connectivity index (χ2n) is 5.11. The molecule has 4 nitrogen and oxygen atoms in total. The van der Waals surface area contributed by atoms with Crippen LogP contribution in [0.3, 0.4) is 0 Å². The van der Waals surface area contributed by atoms with E-state index in [0.29, 0.717) is 11.6 Å². The molecule has 1 heterocycles. The molecule has 1 amide bonds. The lowest BCUT2D eigenvalue weighted by Gasteiger charge is -2.32. The standard InChI is InChI=1S/C15H21ClN2O2/c1-4-13(9-20-3)18-14(17-10(2)15(18)19)11-6-5-7-12(16)8-11/h5-8,10,13-14,17H,4,9H2,1-3H3. The number of ether oxygens (including phenoxy) is 1. The van der Waals surface area contributed by atoms with E-state index in [2.05, 4.69) is 12.2 Å². The molecule has 0 saturated carbocycles. The predicted octanol–water partition coefficient (Wildman–Crippen LogP) is 2.58. The molecular formula is C15H21ClN2O2. The summed E-state index contributed by atoms with van der Waals surface area (Å²) in [4.78, 5) is 14.3. The Bertz CT molecular complexity index is 481. The molecule has 20 heavy (non-hydrogen) atoms. The lowest BCUT2D eigenvalue weighted by atomic mass is 10.1. The first-order chi connectivity index (χ1) is 9.58. The van der Waals surface area contributed by atoms with Crippen LogP contribution in [0, 0.1) is 0 Å². The SMILES string of the molecule is CCC(COC)N1C(=O)C(C)NC1c1cccc(Cl)c1. The lowest BCUT2D eigenvalue weighted by Crippen LogP contribution is -2.42. The summed E-state index contributed by atoms with van der Waals surface area (Å²) in [7, 11) is 1.66. The fourth-order valence-electron chi connectivity index (χ4n) is 2.65. The molecule has 1 aliphatic heterocycles. The summed E-state index contributed by atoms with van der Waals surface area (Å²) in [5, 5.41) is 4.01. The molecule has 110 valence electrons. The molecule has 0 aromatic heterocycles. The molecule has 0 spiro atoms. The van der Waals surface area contributed by atoms with Gasteiger partial charge in [-0.15, -0.1) is 0 Å². The third kappa shape index (κ3) is 2.97. The van der Waals surface area contributed by atoms with Crippen LogP contribution in [0.2, 0.25) is 5.02 Å². The van der Waals surface area contributed by atoms with Gasteiger partial charge in [0.05, 0.1) is 18.7 Å². The summed E-state index contributed by atoms with van der Waals surface area (Å²) in [6, 6.07) is 7.50. The van der Waals surface area contributed by atoms with Crippen molar-refractivity contribution in [1.29, 1.82) is 0 Å². The molecule has 3 atom stereocenters. The molecule has 1 aromatic rings. The summed E-state index contributed by atoms with van der Waals surface area (Å²) in [5.74, 6) is 0.110. The van der Waals surface area contributed by atoms with E-state index in [-0.39, 0.29) is 24.2 Å². The number of carbonyl (C=O) groups excluding carboxylic acids is 1.